The van der Waals surface area contributed by atoms with Crippen LogP contribution in [0.1, 0.15) is 16.1 Å². The molecule has 0 spiro atoms. The molecule has 1 N–H and O–H groups in total. The molecule has 0 aliphatic carbocycles. The highest BCUT2D eigenvalue weighted by atomic mass is 16.7. The lowest BCUT2D eigenvalue weighted by atomic mass is 10.1. The number of hydrogen-bond acceptors (Lipinski definition) is 9. The van der Waals surface area contributed by atoms with E-state index < -0.39 is 5.97 Å². The molecule has 0 saturated carbocycles. The molecule has 1 aromatic heterocycles. The molecule has 2 aromatic carbocycles. The normalized spacial score (nSPS) is 14.5. The zero-order valence-electron chi connectivity index (χ0n) is 16.9. The number of carbonyl (C=O) groups is 1. The second-order valence-corrected chi connectivity index (χ2v) is 6.78. The van der Waals surface area contributed by atoms with Gasteiger partial charge in [0, 0.05) is 23.6 Å². The van der Waals surface area contributed by atoms with Crippen LogP contribution >= 0.6 is 0 Å². The van der Waals surface area contributed by atoms with Crippen LogP contribution in [-0.2, 0) is 11.3 Å². The lowest BCUT2D eigenvalue weighted by Crippen LogP contribution is -2.19. The predicted octanol–water partition coefficient (Wildman–Crippen LogP) is 2.54. The molecule has 0 fully saturated rings. The third-order valence-corrected chi connectivity index (χ3v) is 5.19. The number of methoxy groups -OCH3 is 3. The molecule has 31 heavy (non-hydrogen) atoms. The molecule has 2 aliphatic rings. The van der Waals surface area contributed by atoms with Crippen molar-refractivity contribution in [2.75, 3.05) is 28.1 Å². The number of ether oxygens (including phenoxy) is 6. The lowest BCUT2D eigenvalue weighted by molar-refractivity contribution is 0.0520. The SMILES string of the molecule is COc1cc(N=c2c3c(n(O)c4cc5c(cc24)OCO5)COC3=O)cc(OC)c1OC. The monoisotopic (exact) mass is 426 g/mol. The maximum Gasteiger partial charge on any atom is 0.342 e. The summed E-state index contributed by atoms with van der Waals surface area (Å²) in [7, 11) is 4.51. The first-order valence-electron chi connectivity index (χ1n) is 9.28. The summed E-state index contributed by atoms with van der Waals surface area (Å²) in [4.78, 5) is 17.2. The molecule has 3 heterocycles. The number of cyclic esters (lactones) is 1. The number of esters is 1. The van der Waals surface area contributed by atoms with Gasteiger partial charge in [-0.3, -0.25) is 0 Å². The Hall–Kier alpha value is -4.08. The average Bonchev–Trinajstić information content (AvgIpc) is 3.41. The molecular weight excluding hydrogens is 408 g/mol. The van der Waals surface area contributed by atoms with E-state index in [4.69, 9.17) is 33.4 Å². The fourth-order valence-corrected chi connectivity index (χ4v) is 3.75. The second-order valence-electron chi connectivity index (χ2n) is 6.78. The highest BCUT2D eigenvalue weighted by Crippen LogP contribution is 2.41. The van der Waals surface area contributed by atoms with Gasteiger partial charge in [0.1, 0.15) is 17.9 Å². The van der Waals surface area contributed by atoms with Crippen molar-refractivity contribution < 1.29 is 38.4 Å². The molecule has 0 unspecified atom stereocenters. The van der Waals surface area contributed by atoms with Crippen molar-refractivity contribution >= 4 is 22.6 Å². The van der Waals surface area contributed by atoms with Gasteiger partial charge in [-0.25, -0.2) is 9.79 Å². The van der Waals surface area contributed by atoms with E-state index in [1.165, 1.54) is 21.3 Å². The predicted molar refractivity (Wildman–Crippen MR) is 106 cm³/mol. The van der Waals surface area contributed by atoms with Gasteiger partial charge in [0.2, 0.25) is 12.5 Å². The van der Waals surface area contributed by atoms with E-state index in [9.17, 15) is 10.0 Å². The van der Waals surface area contributed by atoms with Crippen molar-refractivity contribution in [3.8, 4) is 28.7 Å². The minimum Gasteiger partial charge on any atom is -0.493 e. The average molecular weight is 426 g/mol. The number of carbonyl (C=O) groups excluding carboxylic acids is 1. The molecular formula is C21H18N2O8. The van der Waals surface area contributed by atoms with Gasteiger partial charge in [0.25, 0.3) is 0 Å². The fourth-order valence-electron chi connectivity index (χ4n) is 3.75. The van der Waals surface area contributed by atoms with Gasteiger partial charge in [-0.15, -0.1) is 0 Å². The molecule has 10 heteroatoms. The second kappa shape index (κ2) is 7.01. The van der Waals surface area contributed by atoms with Crippen molar-refractivity contribution in [2.24, 2.45) is 4.99 Å². The van der Waals surface area contributed by atoms with Crippen molar-refractivity contribution in [2.45, 2.75) is 6.61 Å². The van der Waals surface area contributed by atoms with E-state index in [1.807, 2.05) is 0 Å². The van der Waals surface area contributed by atoms with E-state index in [1.54, 1.807) is 24.3 Å². The number of nitrogens with zero attached hydrogens (tertiary/aromatic N) is 2. The fraction of sp³-hybridized carbons (Fsp3) is 0.238. The Morgan fingerprint density at radius 3 is 2.29 bits per heavy atom. The van der Waals surface area contributed by atoms with Crippen molar-refractivity contribution in [3.05, 3.63) is 40.9 Å². The number of hydrogen-bond donors (Lipinski definition) is 1. The number of benzene rings is 2. The maximum absolute atomic E-state index is 12.5. The molecule has 0 bridgehead atoms. The Labute approximate surface area is 175 Å². The van der Waals surface area contributed by atoms with E-state index in [2.05, 4.69) is 0 Å². The minimum absolute atomic E-state index is 0.0677. The van der Waals surface area contributed by atoms with Crippen molar-refractivity contribution in [1.29, 1.82) is 0 Å². The third-order valence-electron chi connectivity index (χ3n) is 5.19. The Morgan fingerprint density at radius 2 is 1.65 bits per heavy atom. The standard InChI is InChI=1S/C21H18N2O8/c1-26-16-4-10(5-17(27-2)20(16)28-3)22-19-11-6-14-15(31-9-30-14)7-12(11)23(25)13-8-29-21(24)18(13)19/h4-7,25H,8-9H2,1-3H3. The zero-order chi connectivity index (χ0) is 21.7. The zero-order valence-corrected chi connectivity index (χ0v) is 16.9. The first kappa shape index (κ1) is 18.9. The van der Waals surface area contributed by atoms with Crippen LogP contribution in [0.25, 0.3) is 10.9 Å². The van der Waals surface area contributed by atoms with E-state index >= 15 is 0 Å². The van der Waals surface area contributed by atoms with Gasteiger partial charge in [0.15, 0.2) is 23.0 Å². The van der Waals surface area contributed by atoms with Gasteiger partial charge in [-0.2, -0.15) is 4.73 Å². The summed E-state index contributed by atoms with van der Waals surface area (Å²) in [5.41, 5.74) is 1.31. The highest BCUT2D eigenvalue weighted by Gasteiger charge is 2.30. The van der Waals surface area contributed by atoms with Crippen LogP contribution in [-0.4, -0.2) is 44.0 Å². The number of aromatic nitrogens is 1. The molecule has 0 radical (unpaired) electrons. The van der Waals surface area contributed by atoms with Gasteiger partial charge in [-0.05, 0) is 6.07 Å². The van der Waals surface area contributed by atoms with Crippen LogP contribution in [0.15, 0.2) is 29.3 Å². The summed E-state index contributed by atoms with van der Waals surface area (Å²) in [6.07, 6.45) is 0. The number of pyridine rings is 1. The van der Waals surface area contributed by atoms with Crippen LogP contribution < -0.4 is 29.0 Å². The summed E-state index contributed by atoms with van der Waals surface area (Å²) in [6.45, 7) is -0.00891. The van der Waals surface area contributed by atoms with Crippen molar-refractivity contribution in [3.63, 3.8) is 0 Å². The maximum atomic E-state index is 12.5. The van der Waals surface area contributed by atoms with Crippen LogP contribution in [0, 0.1) is 0 Å². The summed E-state index contributed by atoms with van der Waals surface area (Å²) < 4.78 is 33.1. The van der Waals surface area contributed by atoms with Crippen LogP contribution in [0.3, 0.4) is 0 Å². The Morgan fingerprint density at radius 1 is 0.968 bits per heavy atom. The molecule has 0 amide bonds. The Kier molecular flexibility index (Phi) is 4.28. The van der Waals surface area contributed by atoms with E-state index in [-0.39, 0.29) is 19.0 Å². The summed E-state index contributed by atoms with van der Waals surface area (Å²) in [5, 5.41) is 11.5. The molecule has 0 atom stereocenters. The highest BCUT2D eigenvalue weighted by molar-refractivity contribution is 5.97. The minimum atomic E-state index is -0.580. The molecule has 3 aromatic rings. The first-order valence-corrected chi connectivity index (χ1v) is 9.28. The molecule has 10 nitrogen and oxygen atoms in total. The van der Waals surface area contributed by atoms with Gasteiger partial charge in [-0.1, -0.05) is 0 Å². The van der Waals surface area contributed by atoms with Gasteiger partial charge >= 0.3 is 5.97 Å². The summed E-state index contributed by atoms with van der Waals surface area (Å²) in [5.74, 6) is 1.64. The quantitative estimate of drug-likeness (QED) is 0.501. The van der Waals surface area contributed by atoms with E-state index in [0.29, 0.717) is 56.4 Å². The molecule has 0 saturated heterocycles. The first-order chi connectivity index (χ1) is 15.0. The van der Waals surface area contributed by atoms with Crippen molar-refractivity contribution in [1.82, 2.24) is 4.73 Å². The van der Waals surface area contributed by atoms with Crippen LogP contribution in [0.5, 0.6) is 28.7 Å². The Bertz CT molecular complexity index is 1290. The molecule has 160 valence electrons. The van der Waals surface area contributed by atoms with Crippen LogP contribution in [0.2, 0.25) is 0 Å². The smallest absolute Gasteiger partial charge is 0.342 e. The van der Waals surface area contributed by atoms with Gasteiger partial charge < -0.3 is 33.6 Å². The molecule has 2 aliphatic heterocycles. The largest absolute Gasteiger partial charge is 0.493 e. The number of fused-ring (bicyclic) bond motifs is 3. The topological polar surface area (TPSA) is 110 Å². The summed E-state index contributed by atoms with van der Waals surface area (Å²) in [6, 6.07) is 6.63. The lowest BCUT2D eigenvalue weighted by Gasteiger charge is -2.13. The van der Waals surface area contributed by atoms with Crippen LogP contribution in [0.4, 0.5) is 5.69 Å². The van der Waals surface area contributed by atoms with E-state index in [0.717, 1.165) is 4.73 Å². The third kappa shape index (κ3) is 2.79. The summed E-state index contributed by atoms with van der Waals surface area (Å²) >= 11 is 0. The molecule has 5 rings (SSSR count). The Balaban J connectivity index is 1.87. The van der Waals surface area contributed by atoms with Gasteiger partial charge in [0.05, 0.1) is 37.9 Å². The number of rotatable bonds is 4.